The Labute approximate surface area is 133 Å². The van der Waals surface area contributed by atoms with Gasteiger partial charge in [0.15, 0.2) is 0 Å². The molecule has 0 aromatic heterocycles. The summed E-state index contributed by atoms with van der Waals surface area (Å²) < 4.78 is 0. The lowest BCUT2D eigenvalue weighted by Crippen LogP contribution is -2.14. The molecule has 0 fully saturated rings. The summed E-state index contributed by atoms with van der Waals surface area (Å²) in [6.07, 6.45) is 1.30. The van der Waals surface area contributed by atoms with Crippen LogP contribution in [0.25, 0.3) is 0 Å². The molecule has 0 heterocycles. The molecule has 2 rings (SSSR count). The Morgan fingerprint density at radius 1 is 1.00 bits per heavy atom. The van der Waals surface area contributed by atoms with Crippen LogP contribution in [0.5, 0.6) is 0 Å². The van der Waals surface area contributed by atoms with Crippen LogP contribution < -0.4 is 16.4 Å². The first-order chi connectivity index (χ1) is 11.1. The third-order valence-electron chi connectivity index (χ3n) is 2.95. The number of nitriles is 1. The van der Waals surface area contributed by atoms with Gasteiger partial charge in [-0.1, -0.05) is 18.2 Å². The van der Waals surface area contributed by atoms with Gasteiger partial charge in [0.05, 0.1) is 0 Å². The van der Waals surface area contributed by atoms with E-state index in [-0.39, 0.29) is 5.57 Å². The molecule has 0 radical (unpaired) electrons. The van der Waals surface area contributed by atoms with Gasteiger partial charge in [-0.3, -0.25) is 9.59 Å². The molecule has 0 saturated carbocycles. The molecule has 6 nitrogen and oxygen atoms in total. The van der Waals surface area contributed by atoms with Crippen molar-refractivity contribution in [2.45, 2.75) is 0 Å². The monoisotopic (exact) mass is 306 g/mol. The highest BCUT2D eigenvalue weighted by molar-refractivity contribution is 6.06. The van der Waals surface area contributed by atoms with Crippen LogP contribution in [0.1, 0.15) is 10.4 Å². The maximum absolute atomic E-state index is 12.0. The molecule has 2 aromatic rings. The van der Waals surface area contributed by atoms with E-state index in [9.17, 15) is 9.59 Å². The second-order valence-corrected chi connectivity index (χ2v) is 4.58. The highest BCUT2D eigenvalue weighted by atomic mass is 16.2. The van der Waals surface area contributed by atoms with Crippen LogP contribution in [0.2, 0.25) is 0 Å². The van der Waals surface area contributed by atoms with Crippen LogP contribution >= 0.6 is 0 Å². The molecule has 0 spiro atoms. The lowest BCUT2D eigenvalue weighted by atomic mass is 10.2. The molecule has 2 aromatic carbocycles. The smallest absolute Gasteiger partial charge is 0.267 e. The van der Waals surface area contributed by atoms with Gasteiger partial charge in [0.2, 0.25) is 5.91 Å². The summed E-state index contributed by atoms with van der Waals surface area (Å²) >= 11 is 0. The molecule has 114 valence electrons. The average Bonchev–Trinajstić information content (AvgIpc) is 2.56. The third kappa shape index (κ3) is 4.44. The normalized spacial score (nSPS) is 10.5. The summed E-state index contributed by atoms with van der Waals surface area (Å²) in [6, 6.07) is 17.0. The van der Waals surface area contributed by atoms with E-state index >= 15 is 0 Å². The minimum Gasteiger partial charge on any atom is -0.366 e. The van der Waals surface area contributed by atoms with Gasteiger partial charge in [0.25, 0.3) is 5.91 Å². The second-order valence-electron chi connectivity index (χ2n) is 4.58. The number of rotatable bonds is 5. The van der Waals surface area contributed by atoms with E-state index in [1.807, 2.05) is 12.1 Å². The number of benzene rings is 2. The lowest BCUT2D eigenvalue weighted by Gasteiger charge is -2.05. The number of nitrogens with zero attached hydrogens (tertiary/aromatic N) is 1. The fourth-order valence-corrected chi connectivity index (χ4v) is 1.75. The number of primary amides is 1. The standard InChI is InChI=1S/C17H14N4O2/c18-10-13(17(23)21-15-4-2-1-3-5-15)11-20-14-8-6-12(7-9-14)16(19)22/h1-9,11,20H,(H2,19,22)(H,21,23)/b13-11+. The van der Waals surface area contributed by atoms with Crippen molar-refractivity contribution in [3.63, 3.8) is 0 Å². The Morgan fingerprint density at radius 3 is 2.22 bits per heavy atom. The molecule has 2 amide bonds. The first-order valence-corrected chi connectivity index (χ1v) is 6.73. The number of nitrogens with two attached hydrogens (primary N) is 1. The van der Waals surface area contributed by atoms with Gasteiger partial charge >= 0.3 is 0 Å². The van der Waals surface area contributed by atoms with Gasteiger partial charge in [-0.25, -0.2) is 0 Å². The quantitative estimate of drug-likeness (QED) is 0.581. The van der Waals surface area contributed by atoms with E-state index in [2.05, 4.69) is 10.6 Å². The summed E-state index contributed by atoms with van der Waals surface area (Å²) in [4.78, 5) is 23.0. The number of amides is 2. The fourth-order valence-electron chi connectivity index (χ4n) is 1.75. The van der Waals surface area contributed by atoms with E-state index in [1.165, 1.54) is 6.20 Å². The van der Waals surface area contributed by atoms with E-state index < -0.39 is 11.8 Å². The first kappa shape index (κ1) is 15.8. The predicted octanol–water partition coefficient (Wildman–Crippen LogP) is 2.24. The third-order valence-corrected chi connectivity index (χ3v) is 2.95. The minimum absolute atomic E-state index is 0.0761. The van der Waals surface area contributed by atoms with E-state index in [4.69, 9.17) is 11.0 Å². The van der Waals surface area contributed by atoms with Crippen molar-refractivity contribution < 1.29 is 9.59 Å². The van der Waals surface area contributed by atoms with Gasteiger partial charge in [-0.2, -0.15) is 5.26 Å². The predicted molar refractivity (Wildman–Crippen MR) is 87.4 cm³/mol. The van der Waals surface area contributed by atoms with Crippen molar-refractivity contribution in [2.24, 2.45) is 5.73 Å². The second kappa shape index (κ2) is 7.43. The molecule has 0 aliphatic heterocycles. The average molecular weight is 306 g/mol. The Bertz CT molecular complexity index is 774. The van der Waals surface area contributed by atoms with Gasteiger partial charge in [0.1, 0.15) is 11.6 Å². The number of anilines is 2. The van der Waals surface area contributed by atoms with Gasteiger partial charge in [-0.15, -0.1) is 0 Å². The maximum atomic E-state index is 12.0. The number of hydrogen-bond acceptors (Lipinski definition) is 4. The molecule has 0 aliphatic carbocycles. The zero-order chi connectivity index (χ0) is 16.7. The molecule has 0 atom stereocenters. The van der Waals surface area contributed by atoms with Crippen LogP contribution in [0.15, 0.2) is 66.4 Å². The Balaban J connectivity index is 2.05. The summed E-state index contributed by atoms with van der Waals surface area (Å²) in [5.41, 5.74) is 6.68. The number of hydrogen-bond donors (Lipinski definition) is 3. The summed E-state index contributed by atoms with van der Waals surface area (Å²) in [7, 11) is 0. The van der Waals surface area contributed by atoms with Crippen molar-refractivity contribution >= 4 is 23.2 Å². The molecule has 0 saturated heterocycles. The van der Waals surface area contributed by atoms with Gasteiger partial charge in [-0.05, 0) is 36.4 Å². The molecular weight excluding hydrogens is 292 g/mol. The Hall–Kier alpha value is -3.59. The number of carbonyl (C=O) groups is 2. The number of carbonyl (C=O) groups excluding carboxylic acids is 2. The van der Waals surface area contributed by atoms with Crippen molar-refractivity contribution in [3.8, 4) is 6.07 Å². The van der Waals surface area contributed by atoms with E-state index in [0.717, 1.165) is 0 Å². The highest BCUT2D eigenvalue weighted by Crippen LogP contribution is 2.11. The Kier molecular flexibility index (Phi) is 5.10. The molecule has 0 bridgehead atoms. The molecule has 23 heavy (non-hydrogen) atoms. The fraction of sp³-hybridized carbons (Fsp3) is 0. The zero-order valence-corrected chi connectivity index (χ0v) is 12.1. The van der Waals surface area contributed by atoms with Crippen LogP contribution in [0.3, 0.4) is 0 Å². The van der Waals surface area contributed by atoms with E-state index in [1.54, 1.807) is 48.5 Å². The SMILES string of the molecule is N#C/C(=C\Nc1ccc(C(N)=O)cc1)C(=O)Nc1ccccc1. The highest BCUT2D eigenvalue weighted by Gasteiger charge is 2.09. The maximum Gasteiger partial charge on any atom is 0.267 e. The molecular formula is C17H14N4O2. The van der Waals surface area contributed by atoms with Gasteiger partial charge < -0.3 is 16.4 Å². The molecule has 4 N–H and O–H groups in total. The van der Waals surface area contributed by atoms with Crippen molar-refractivity contribution in [1.82, 2.24) is 0 Å². The van der Waals surface area contributed by atoms with Crippen molar-refractivity contribution in [2.75, 3.05) is 10.6 Å². The van der Waals surface area contributed by atoms with Crippen LogP contribution in [0, 0.1) is 11.3 Å². The van der Waals surface area contributed by atoms with Crippen LogP contribution in [0.4, 0.5) is 11.4 Å². The first-order valence-electron chi connectivity index (χ1n) is 6.73. The largest absolute Gasteiger partial charge is 0.366 e. The van der Waals surface area contributed by atoms with Crippen molar-refractivity contribution in [3.05, 3.63) is 71.9 Å². The summed E-state index contributed by atoms with van der Waals surface area (Å²) in [6.45, 7) is 0. The zero-order valence-electron chi connectivity index (χ0n) is 12.1. The Morgan fingerprint density at radius 2 is 1.65 bits per heavy atom. The number of para-hydroxylation sites is 1. The van der Waals surface area contributed by atoms with Gasteiger partial charge in [0, 0.05) is 23.1 Å². The van der Waals surface area contributed by atoms with Crippen molar-refractivity contribution in [1.29, 1.82) is 5.26 Å². The summed E-state index contributed by atoms with van der Waals surface area (Å²) in [5.74, 6) is -1.04. The van der Waals surface area contributed by atoms with Crippen LogP contribution in [-0.4, -0.2) is 11.8 Å². The van der Waals surface area contributed by atoms with E-state index in [0.29, 0.717) is 16.9 Å². The molecule has 0 unspecified atom stereocenters. The topological polar surface area (TPSA) is 108 Å². The lowest BCUT2D eigenvalue weighted by molar-refractivity contribution is -0.112. The van der Waals surface area contributed by atoms with Crippen LogP contribution in [-0.2, 0) is 4.79 Å². The minimum atomic E-state index is -0.521. The number of nitrogens with one attached hydrogen (secondary N) is 2. The summed E-state index contributed by atoms with van der Waals surface area (Å²) in [5, 5.41) is 14.5. The molecule has 0 aliphatic rings. The molecule has 6 heteroatoms.